The third kappa shape index (κ3) is 26.6. The number of nitrogens with one attached hydrogen (secondary N) is 4. The number of carbonyl (C=O) groups excluding carboxylic acids is 6. The Morgan fingerprint density at radius 3 is 1.20 bits per heavy atom. The molecule has 0 bridgehead atoms. The normalized spacial score (nSPS) is 22.2. The molecule has 2 aliphatic rings. The number of rotatable bonds is 31. The molecule has 17 heteroatoms. The van der Waals surface area contributed by atoms with Crippen molar-refractivity contribution in [2.24, 2.45) is 21.7 Å². The van der Waals surface area contributed by atoms with Gasteiger partial charge in [-0.1, -0.05) is 113 Å². The van der Waals surface area contributed by atoms with Crippen molar-refractivity contribution >= 4 is 36.3 Å². The van der Waals surface area contributed by atoms with Gasteiger partial charge in [0.1, 0.15) is 52.7 Å². The first kappa shape index (κ1) is 61.6. The van der Waals surface area contributed by atoms with E-state index >= 15 is 0 Å². The minimum atomic E-state index is -0.587. The summed E-state index contributed by atoms with van der Waals surface area (Å²) in [7, 11) is 2.12. The van der Waals surface area contributed by atoms with E-state index in [9.17, 15) is 28.8 Å². The predicted octanol–water partition coefficient (Wildman–Crippen LogP) is 9.67. The summed E-state index contributed by atoms with van der Waals surface area (Å²) in [5, 5.41) is 11.9. The third-order valence-electron chi connectivity index (χ3n) is 13.4. The second-order valence-electron chi connectivity index (χ2n) is 22.9. The van der Waals surface area contributed by atoms with Crippen molar-refractivity contribution in [3.8, 4) is 0 Å². The van der Waals surface area contributed by atoms with E-state index in [1.165, 1.54) is 51.4 Å². The van der Waals surface area contributed by atoms with Gasteiger partial charge in [0.25, 0.3) is 0 Å². The molecule has 70 heavy (non-hydrogen) atoms. The van der Waals surface area contributed by atoms with Gasteiger partial charge < -0.3 is 54.2 Å². The van der Waals surface area contributed by atoms with Gasteiger partial charge in [0, 0.05) is 36.3 Å². The molecule has 402 valence electrons. The van der Waals surface area contributed by atoms with Crippen molar-refractivity contribution in [3.63, 3.8) is 0 Å². The fourth-order valence-electron chi connectivity index (χ4n) is 10.6. The van der Waals surface area contributed by atoms with Crippen LogP contribution in [0.5, 0.6) is 0 Å². The van der Waals surface area contributed by atoms with Crippen LogP contribution in [0.3, 0.4) is 0 Å². The third-order valence-corrected chi connectivity index (χ3v) is 13.4. The summed E-state index contributed by atoms with van der Waals surface area (Å²) in [6, 6.07) is -0.362. The number of hydrogen-bond acceptors (Lipinski definition) is 12. The van der Waals surface area contributed by atoms with Gasteiger partial charge in [-0.15, -0.1) is 0 Å². The van der Waals surface area contributed by atoms with E-state index in [1.54, 1.807) is 13.8 Å². The SMILES string of the molecule is C=C(C)C(=O)OCCOC(=O)NC1CC(C)(C)CC(C)(CNC(=O)OCC[N+](C)(CCCCCCCCCCCC)CCOC(=O)NCC2(C)CC(NC(=O)OCCOC(=O)C(=C)C)CC(C)(C)C2)C1. The highest BCUT2D eigenvalue weighted by atomic mass is 16.6. The summed E-state index contributed by atoms with van der Waals surface area (Å²) in [5.41, 5.74) is -0.336. The van der Waals surface area contributed by atoms with Crippen molar-refractivity contribution in [1.82, 2.24) is 21.3 Å². The van der Waals surface area contributed by atoms with E-state index in [0.29, 0.717) is 43.5 Å². The maximum atomic E-state index is 13.2. The van der Waals surface area contributed by atoms with Gasteiger partial charge in [0.2, 0.25) is 0 Å². The van der Waals surface area contributed by atoms with Crippen LogP contribution in [0.1, 0.15) is 165 Å². The first-order valence-electron chi connectivity index (χ1n) is 25.9. The van der Waals surface area contributed by atoms with Crippen molar-refractivity contribution in [3.05, 3.63) is 24.3 Å². The average molecular weight is 993 g/mol. The molecule has 4 atom stereocenters. The van der Waals surface area contributed by atoms with Crippen LogP contribution in [0.2, 0.25) is 0 Å². The summed E-state index contributed by atoms with van der Waals surface area (Å²) in [4.78, 5) is 74.8. The number of quaternary nitrogens is 1. The second kappa shape index (κ2) is 30.4. The summed E-state index contributed by atoms with van der Waals surface area (Å²) < 4.78 is 32.6. The number of unbranched alkanes of at least 4 members (excludes halogenated alkanes) is 9. The number of hydrogen-bond donors (Lipinski definition) is 4. The Morgan fingerprint density at radius 2 is 0.829 bits per heavy atom. The highest BCUT2D eigenvalue weighted by Gasteiger charge is 2.43. The van der Waals surface area contributed by atoms with Crippen LogP contribution < -0.4 is 21.3 Å². The fraction of sp³-hybridized carbons (Fsp3) is 0.811. The first-order chi connectivity index (χ1) is 32.8. The van der Waals surface area contributed by atoms with Crippen LogP contribution in [0, 0.1) is 21.7 Å². The lowest BCUT2D eigenvalue weighted by molar-refractivity contribution is -0.910. The number of esters is 2. The molecule has 0 spiro atoms. The molecule has 2 aliphatic carbocycles. The maximum Gasteiger partial charge on any atom is 0.407 e. The van der Waals surface area contributed by atoms with Gasteiger partial charge in [-0.05, 0) is 86.9 Å². The molecule has 0 radical (unpaired) electrons. The van der Waals surface area contributed by atoms with Gasteiger partial charge in [-0.2, -0.15) is 0 Å². The molecular weight excluding hydrogens is 899 g/mol. The maximum absolute atomic E-state index is 13.2. The van der Waals surface area contributed by atoms with Crippen molar-refractivity contribution in [1.29, 1.82) is 0 Å². The lowest BCUT2D eigenvalue weighted by atomic mass is 9.62. The topological polar surface area (TPSA) is 206 Å². The van der Waals surface area contributed by atoms with E-state index in [0.717, 1.165) is 45.1 Å². The van der Waals surface area contributed by atoms with Crippen LogP contribution in [-0.4, -0.2) is 132 Å². The molecule has 0 aromatic rings. The Kier molecular flexibility index (Phi) is 26.7. The molecular formula is C53H94N5O12+. The van der Waals surface area contributed by atoms with Crippen LogP contribution in [0.4, 0.5) is 19.2 Å². The smallest absolute Gasteiger partial charge is 0.407 e. The number of amides is 4. The van der Waals surface area contributed by atoms with Gasteiger partial charge in [0.15, 0.2) is 0 Å². The molecule has 0 aromatic heterocycles. The van der Waals surface area contributed by atoms with Gasteiger partial charge in [0.05, 0.1) is 13.6 Å². The van der Waals surface area contributed by atoms with E-state index in [-0.39, 0.29) is 84.5 Å². The van der Waals surface area contributed by atoms with E-state index < -0.39 is 36.3 Å². The number of ether oxygens (including phenoxy) is 6. The van der Waals surface area contributed by atoms with Crippen LogP contribution >= 0.6 is 0 Å². The number of carbonyl (C=O) groups is 6. The summed E-state index contributed by atoms with van der Waals surface area (Å²) >= 11 is 0. The molecule has 2 saturated carbocycles. The van der Waals surface area contributed by atoms with Crippen LogP contribution in [0.15, 0.2) is 24.3 Å². The second-order valence-corrected chi connectivity index (χ2v) is 22.9. The summed E-state index contributed by atoms with van der Waals surface area (Å²) in [6.45, 7) is 28.0. The molecule has 2 fully saturated rings. The molecule has 4 N–H and O–H groups in total. The molecule has 0 aromatic carbocycles. The quantitative estimate of drug-likeness (QED) is 0.0168. The largest absolute Gasteiger partial charge is 0.459 e. The van der Waals surface area contributed by atoms with Crippen LogP contribution in [-0.2, 0) is 38.0 Å². The zero-order chi connectivity index (χ0) is 52.4. The number of alkyl carbamates (subject to hydrolysis) is 4. The minimum Gasteiger partial charge on any atom is -0.459 e. The van der Waals surface area contributed by atoms with Crippen molar-refractivity contribution in [2.75, 3.05) is 79.4 Å². The standard InChI is InChI=1S/C53H93N5O12/c1-13-14-15-16-17-18-19-20-21-22-23-58(12,24-26-67-46(61)54-38-52(10)34-42(32-50(6,7)36-52)56-48(63)69-30-28-65-44(59)40(2)3)25-27-68-47(62)55-39-53(11)35-43(33-51(8,9)37-53)57-49(64)70-31-29-66-45(60)41(4)5/h42-43H,2,4,13-39H2,1,3,5-12H3,(H3-,54,55,56,57,61,62,63,64)/p+1. The zero-order valence-corrected chi connectivity index (χ0v) is 45.0. The lowest BCUT2D eigenvalue weighted by Crippen LogP contribution is -2.51. The predicted molar refractivity (Wildman–Crippen MR) is 271 cm³/mol. The molecule has 4 amide bonds. The Morgan fingerprint density at radius 1 is 0.486 bits per heavy atom. The molecule has 0 heterocycles. The van der Waals surface area contributed by atoms with Crippen molar-refractivity contribution in [2.45, 2.75) is 177 Å². The van der Waals surface area contributed by atoms with E-state index in [1.807, 2.05) is 0 Å². The van der Waals surface area contributed by atoms with Gasteiger partial charge in [-0.3, -0.25) is 0 Å². The molecule has 0 saturated heterocycles. The Hall–Kier alpha value is -4.54. The Labute approximate surface area is 420 Å². The first-order valence-corrected chi connectivity index (χ1v) is 25.9. The molecule has 17 nitrogen and oxygen atoms in total. The molecule has 4 unspecified atom stereocenters. The van der Waals surface area contributed by atoms with Gasteiger partial charge in [-0.25, -0.2) is 28.8 Å². The molecule has 2 rings (SSSR count). The number of likely N-dealkylation sites (N-methyl/N-ethyl adjacent to an activating group) is 1. The van der Waals surface area contributed by atoms with E-state index in [4.69, 9.17) is 28.4 Å². The monoisotopic (exact) mass is 993 g/mol. The zero-order valence-electron chi connectivity index (χ0n) is 45.0. The summed E-state index contributed by atoms with van der Waals surface area (Å²) in [6.07, 6.45) is 14.4. The molecule has 0 aliphatic heterocycles. The van der Waals surface area contributed by atoms with Gasteiger partial charge >= 0.3 is 36.3 Å². The summed E-state index contributed by atoms with van der Waals surface area (Å²) in [5.74, 6) is -1.08. The average Bonchev–Trinajstić information content (AvgIpc) is 3.24. The highest BCUT2D eigenvalue weighted by molar-refractivity contribution is 5.87. The van der Waals surface area contributed by atoms with Crippen molar-refractivity contribution < 1.29 is 61.7 Å². The van der Waals surface area contributed by atoms with Crippen LogP contribution in [0.25, 0.3) is 0 Å². The Balaban J connectivity index is 1.92. The fourth-order valence-corrected chi connectivity index (χ4v) is 10.6. The lowest BCUT2D eigenvalue weighted by Gasteiger charge is -2.46. The number of nitrogens with zero attached hydrogens (tertiary/aromatic N) is 1. The minimum absolute atomic E-state index is 0.0636. The Bertz CT molecular complexity index is 1600. The van der Waals surface area contributed by atoms with E-state index in [2.05, 4.69) is 89.9 Å². The highest BCUT2D eigenvalue weighted by Crippen LogP contribution is 2.47.